The van der Waals surface area contributed by atoms with Crippen molar-refractivity contribution in [2.75, 3.05) is 39.6 Å². The van der Waals surface area contributed by atoms with Gasteiger partial charge in [0.2, 0.25) is 0 Å². The van der Waals surface area contributed by atoms with Gasteiger partial charge in [-0.25, -0.2) is 0 Å². The van der Waals surface area contributed by atoms with E-state index in [0.717, 1.165) is 92.4 Å². The van der Waals surface area contributed by atoms with Crippen LogP contribution in [0, 0.1) is 6.92 Å². The van der Waals surface area contributed by atoms with E-state index in [2.05, 4.69) is 73.7 Å². The van der Waals surface area contributed by atoms with E-state index in [4.69, 9.17) is 33.2 Å². The van der Waals surface area contributed by atoms with Crippen molar-refractivity contribution < 1.29 is 33.2 Å². The fraction of sp³-hybridized carbons (Fsp3) is 0.282. The van der Waals surface area contributed by atoms with Crippen LogP contribution in [0.2, 0.25) is 0 Å². The summed E-state index contributed by atoms with van der Waals surface area (Å²) in [5.41, 5.74) is 4.27. The van der Waals surface area contributed by atoms with Gasteiger partial charge in [-0.15, -0.1) is 0 Å². The molecule has 0 bridgehead atoms. The lowest BCUT2D eigenvalue weighted by molar-refractivity contribution is 0.263. The van der Waals surface area contributed by atoms with Crippen molar-refractivity contribution in [1.29, 1.82) is 0 Å². The van der Waals surface area contributed by atoms with Crippen LogP contribution in [-0.2, 0) is 14.2 Å². The predicted molar refractivity (Wildman–Crippen MR) is 178 cm³/mol. The van der Waals surface area contributed by atoms with Crippen LogP contribution >= 0.6 is 0 Å². The second-order valence-electron chi connectivity index (χ2n) is 12.2. The molecular formula is C39H36O7. The Bertz CT molecular complexity index is 1930. The molecule has 0 radical (unpaired) electrons. The van der Waals surface area contributed by atoms with Gasteiger partial charge >= 0.3 is 0 Å². The molecule has 3 atom stereocenters. The molecule has 7 heteroatoms. The number of epoxide rings is 3. The third-order valence-electron chi connectivity index (χ3n) is 8.45. The van der Waals surface area contributed by atoms with Gasteiger partial charge in [-0.3, -0.25) is 0 Å². The Morgan fingerprint density at radius 1 is 0.652 bits per heavy atom. The van der Waals surface area contributed by atoms with Crippen molar-refractivity contribution in [3.63, 3.8) is 0 Å². The summed E-state index contributed by atoms with van der Waals surface area (Å²) in [6, 6.07) is 29.2. The molecular weight excluding hydrogens is 580 g/mol. The van der Waals surface area contributed by atoms with E-state index in [-0.39, 0.29) is 18.3 Å². The molecule has 7 nitrogen and oxygen atoms in total. The predicted octanol–water partition coefficient (Wildman–Crippen LogP) is 7.74. The number of fused-ring (bicyclic) bond motifs is 2. The maximum atomic E-state index is 6.42. The van der Waals surface area contributed by atoms with Gasteiger partial charge in [0.05, 0.1) is 19.8 Å². The van der Waals surface area contributed by atoms with Gasteiger partial charge in [-0.2, -0.15) is 0 Å². The Balaban J connectivity index is 1.12. The third kappa shape index (κ3) is 6.82. The molecule has 8 rings (SSSR count). The quantitative estimate of drug-likeness (QED) is 0.0990. The molecule has 0 saturated carbocycles. The first kappa shape index (κ1) is 28.9. The molecule has 46 heavy (non-hydrogen) atoms. The van der Waals surface area contributed by atoms with Crippen molar-refractivity contribution in [1.82, 2.24) is 0 Å². The first-order valence-electron chi connectivity index (χ1n) is 15.8. The Kier molecular flexibility index (Phi) is 7.74. The summed E-state index contributed by atoms with van der Waals surface area (Å²) < 4.78 is 40.7. The van der Waals surface area contributed by atoms with Crippen molar-refractivity contribution >= 4 is 27.6 Å². The molecule has 0 aliphatic carbocycles. The van der Waals surface area contributed by atoms with E-state index >= 15 is 0 Å². The number of aryl methyl sites for hydroxylation is 1. The van der Waals surface area contributed by atoms with Gasteiger partial charge < -0.3 is 33.2 Å². The molecule has 5 aromatic carbocycles. The van der Waals surface area contributed by atoms with E-state index < -0.39 is 0 Å². The highest BCUT2D eigenvalue weighted by Crippen LogP contribution is 2.41. The monoisotopic (exact) mass is 616 g/mol. The maximum absolute atomic E-state index is 6.42. The highest BCUT2D eigenvalue weighted by molar-refractivity contribution is 6.02. The SMILES string of the molecule is C/C(=C\c1cc(OCC2CO2)ccc1C)Oc1ccc2ccc(OCC3CO3)c(-c3ccc4ccc(OCC5CO5)cc4c3)c2c1. The summed E-state index contributed by atoms with van der Waals surface area (Å²) in [6.45, 7) is 8.00. The molecule has 3 saturated heterocycles. The van der Waals surface area contributed by atoms with E-state index in [1.807, 2.05) is 31.2 Å². The van der Waals surface area contributed by atoms with Crippen molar-refractivity contribution in [3.05, 3.63) is 102 Å². The standard InChI is InChI=1S/C39H36O7/c1-24-3-9-31(40-18-34-20-42-34)15-29(24)13-25(2)46-33-11-7-27-8-12-38(45-23-36-22-44-36)39(37(27)17-33)28-5-4-26-6-10-32(16-30(26)14-28)41-19-35-21-43-35/h3-17,34-36H,18-23H2,1-2H3/b25-13+. The highest BCUT2D eigenvalue weighted by atomic mass is 16.6. The van der Waals surface area contributed by atoms with Gasteiger partial charge in [0.25, 0.3) is 0 Å². The molecule has 3 unspecified atom stereocenters. The van der Waals surface area contributed by atoms with E-state index in [9.17, 15) is 0 Å². The molecule has 0 N–H and O–H groups in total. The van der Waals surface area contributed by atoms with Crippen LogP contribution in [0.4, 0.5) is 0 Å². The van der Waals surface area contributed by atoms with Gasteiger partial charge in [0, 0.05) is 5.56 Å². The Morgan fingerprint density at radius 3 is 2.00 bits per heavy atom. The molecule has 234 valence electrons. The van der Waals surface area contributed by atoms with Crippen LogP contribution in [0.3, 0.4) is 0 Å². The maximum Gasteiger partial charge on any atom is 0.127 e. The Labute approximate surface area is 268 Å². The Hall–Kier alpha value is -4.56. The van der Waals surface area contributed by atoms with Crippen LogP contribution in [0.25, 0.3) is 38.7 Å². The minimum Gasteiger partial charge on any atom is -0.491 e. The molecule has 3 aliphatic heterocycles. The average Bonchev–Trinajstić information content (AvgIpc) is 3.91. The second kappa shape index (κ2) is 12.3. The molecule has 0 amide bonds. The summed E-state index contributed by atoms with van der Waals surface area (Å²) in [4.78, 5) is 0. The summed E-state index contributed by atoms with van der Waals surface area (Å²) in [5, 5.41) is 4.38. The number of hydrogen-bond donors (Lipinski definition) is 0. The summed E-state index contributed by atoms with van der Waals surface area (Å²) >= 11 is 0. The zero-order valence-electron chi connectivity index (χ0n) is 26.0. The number of allylic oxidation sites excluding steroid dienone is 1. The zero-order chi connectivity index (χ0) is 31.0. The van der Waals surface area contributed by atoms with Gasteiger partial charge in [0.15, 0.2) is 0 Å². The number of hydrogen-bond acceptors (Lipinski definition) is 7. The molecule has 3 fully saturated rings. The van der Waals surface area contributed by atoms with Gasteiger partial charge in [-0.1, -0.05) is 36.4 Å². The fourth-order valence-corrected chi connectivity index (χ4v) is 5.58. The highest BCUT2D eigenvalue weighted by Gasteiger charge is 2.25. The van der Waals surface area contributed by atoms with Crippen LogP contribution < -0.4 is 18.9 Å². The second-order valence-corrected chi connectivity index (χ2v) is 12.2. The summed E-state index contributed by atoms with van der Waals surface area (Å²) in [7, 11) is 0. The smallest absolute Gasteiger partial charge is 0.127 e. The van der Waals surface area contributed by atoms with Crippen molar-refractivity contribution in [3.8, 4) is 34.1 Å². The van der Waals surface area contributed by atoms with Gasteiger partial charge in [-0.05, 0) is 107 Å². The summed E-state index contributed by atoms with van der Waals surface area (Å²) in [5.74, 6) is 4.00. The fourth-order valence-electron chi connectivity index (χ4n) is 5.58. The van der Waals surface area contributed by atoms with Crippen LogP contribution in [0.15, 0.2) is 90.7 Å². The lowest BCUT2D eigenvalue weighted by atomic mass is 9.95. The molecule has 3 heterocycles. The van der Waals surface area contributed by atoms with Crippen LogP contribution in [-0.4, -0.2) is 58.0 Å². The van der Waals surface area contributed by atoms with Crippen LogP contribution in [0.1, 0.15) is 18.1 Å². The van der Waals surface area contributed by atoms with Crippen molar-refractivity contribution in [2.24, 2.45) is 0 Å². The summed E-state index contributed by atoms with van der Waals surface area (Å²) in [6.07, 6.45) is 2.62. The number of ether oxygens (including phenoxy) is 7. The topological polar surface area (TPSA) is 74.5 Å². The van der Waals surface area contributed by atoms with E-state index in [0.29, 0.717) is 19.8 Å². The first-order chi connectivity index (χ1) is 22.5. The van der Waals surface area contributed by atoms with E-state index in [1.54, 1.807) is 0 Å². The van der Waals surface area contributed by atoms with Crippen LogP contribution in [0.5, 0.6) is 23.0 Å². The molecule has 0 aromatic heterocycles. The average molecular weight is 617 g/mol. The normalized spacial score (nSPS) is 20.0. The largest absolute Gasteiger partial charge is 0.491 e. The van der Waals surface area contributed by atoms with E-state index in [1.165, 1.54) is 0 Å². The molecule has 3 aliphatic rings. The Morgan fingerprint density at radius 2 is 1.26 bits per heavy atom. The van der Waals surface area contributed by atoms with Crippen molar-refractivity contribution in [2.45, 2.75) is 32.2 Å². The molecule has 5 aromatic rings. The lowest BCUT2D eigenvalue weighted by Crippen LogP contribution is -2.05. The minimum atomic E-state index is 0.146. The molecule has 0 spiro atoms. The zero-order valence-corrected chi connectivity index (χ0v) is 26.0. The van der Waals surface area contributed by atoms with Gasteiger partial charge in [0.1, 0.15) is 66.9 Å². The third-order valence-corrected chi connectivity index (χ3v) is 8.45. The number of rotatable bonds is 13. The first-order valence-corrected chi connectivity index (χ1v) is 15.8. The number of benzene rings is 5. The minimum absolute atomic E-state index is 0.146. The lowest BCUT2D eigenvalue weighted by Gasteiger charge is -2.16.